The number of fused-ring (bicyclic) bond motifs is 1. The summed E-state index contributed by atoms with van der Waals surface area (Å²) in [5, 5.41) is 11.0. The van der Waals surface area contributed by atoms with Crippen LogP contribution in [0.2, 0.25) is 0 Å². The number of hydrogen-bond acceptors (Lipinski definition) is 7. The van der Waals surface area contributed by atoms with Crippen LogP contribution in [0.3, 0.4) is 0 Å². The van der Waals surface area contributed by atoms with E-state index in [2.05, 4.69) is 9.97 Å². The van der Waals surface area contributed by atoms with Crippen LogP contribution in [0.25, 0.3) is 22.7 Å². The van der Waals surface area contributed by atoms with E-state index in [0.717, 1.165) is 0 Å². The summed E-state index contributed by atoms with van der Waals surface area (Å²) in [6.07, 6.45) is 1.64. The van der Waals surface area contributed by atoms with Gasteiger partial charge < -0.3 is 9.15 Å². The van der Waals surface area contributed by atoms with E-state index in [0.29, 0.717) is 22.7 Å². The van der Waals surface area contributed by atoms with Crippen LogP contribution in [0.4, 0.5) is 5.69 Å². The van der Waals surface area contributed by atoms with E-state index >= 15 is 0 Å². The second kappa shape index (κ2) is 6.92. The zero-order chi connectivity index (χ0) is 19.7. The number of nitro benzene ring substituents is 1. The van der Waals surface area contributed by atoms with Crippen LogP contribution in [0.5, 0.6) is 5.75 Å². The van der Waals surface area contributed by atoms with E-state index in [9.17, 15) is 14.9 Å². The number of ether oxygens (including phenoxy) is 1. The van der Waals surface area contributed by atoms with Gasteiger partial charge in [-0.05, 0) is 37.3 Å². The molecule has 0 aliphatic carbocycles. The Morgan fingerprint density at radius 2 is 2.00 bits per heavy atom. The molecule has 0 amide bonds. The molecule has 0 fully saturated rings. The number of carbonyl (C=O) groups is 1. The van der Waals surface area contributed by atoms with Crippen LogP contribution in [-0.4, -0.2) is 20.9 Å². The zero-order valence-electron chi connectivity index (χ0n) is 14.7. The first-order chi connectivity index (χ1) is 13.5. The molecule has 0 bridgehead atoms. The first kappa shape index (κ1) is 17.3. The number of esters is 1. The summed E-state index contributed by atoms with van der Waals surface area (Å²) in [6.45, 7) is 1.51. The SMILES string of the molecule is Cc1c(C(=O)Oc2ccc3nc(-c4ccccn4)oc3c2)cccc1[N+](=O)[O-]. The fourth-order valence-corrected chi connectivity index (χ4v) is 2.77. The van der Waals surface area contributed by atoms with Gasteiger partial charge in [-0.1, -0.05) is 12.1 Å². The molecule has 28 heavy (non-hydrogen) atoms. The van der Waals surface area contributed by atoms with Crippen molar-refractivity contribution in [2.24, 2.45) is 0 Å². The van der Waals surface area contributed by atoms with Gasteiger partial charge in [0, 0.05) is 23.9 Å². The molecule has 2 heterocycles. The second-order valence-corrected chi connectivity index (χ2v) is 5.96. The Bertz CT molecular complexity index is 1200. The molecule has 2 aromatic heterocycles. The molecule has 0 aliphatic heterocycles. The van der Waals surface area contributed by atoms with Gasteiger partial charge in [-0.25, -0.2) is 9.78 Å². The highest BCUT2D eigenvalue weighted by Gasteiger charge is 2.20. The average molecular weight is 375 g/mol. The quantitative estimate of drug-likeness (QED) is 0.226. The summed E-state index contributed by atoms with van der Waals surface area (Å²) in [7, 11) is 0. The number of oxazole rings is 1. The molecule has 0 saturated heterocycles. The van der Waals surface area contributed by atoms with Gasteiger partial charge in [-0.3, -0.25) is 15.1 Å². The third-order valence-corrected chi connectivity index (χ3v) is 4.18. The van der Waals surface area contributed by atoms with Crippen LogP contribution >= 0.6 is 0 Å². The van der Waals surface area contributed by atoms with E-state index in [1.807, 2.05) is 6.07 Å². The van der Waals surface area contributed by atoms with Gasteiger partial charge in [-0.2, -0.15) is 0 Å². The fraction of sp³-hybridized carbons (Fsp3) is 0.0500. The molecule has 0 spiro atoms. The van der Waals surface area contributed by atoms with Gasteiger partial charge in [0.2, 0.25) is 5.89 Å². The Morgan fingerprint density at radius 1 is 1.14 bits per heavy atom. The second-order valence-electron chi connectivity index (χ2n) is 5.96. The molecule has 0 aliphatic rings. The Balaban J connectivity index is 1.63. The number of hydrogen-bond donors (Lipinski definition) is 0. The van der Waals surface area contributed by atoms with Crippen molar-refractivity contribution in [3.63, 3.8) is 0 Å². The Labute approximate surface area is 158 Å². The number of carbonyl (C=O) groups excluding carboxylic acids is 1. The minimum Gasteiger partial charge on any atom is -0.435 e. The molecule has 4 aromatic rings. The van der Waals surface area contributed by atoms with Gasteiger partial charge in [0.15, 0.2) is 5.58 Å². The highest BCUT2D eigenvalue weighted by Crippen LogP contribution is 2.27. The van der Waals surface area contributed by atoms with Crippen molar-refractivity contribution >= 4 is 22.8 Å². The minimum atomic E-state index is -0.690. The maximum absolute atomic E-state index is 12.5. The molecule has 0 unspecified atom stereocenters. The lowest BCUT2D eigenvalue weighted by molar-refractivity contribution is -0.385. The molecule has 2 aromatic carbocycles. The third-order valence-electron chi connectivity index (χ3n) is 4.18. The van der Waals surface area contributed by atoms with Crippen LogP contribution in [0.15, 0.2) is 65.2 Å². The number of nitro groups is 1. The minimum absolute atomic E-state index is 0.126. The van der Waals surface area contributed by atoms with Gasteiger partial charge >= 0.3 is 5.97 Å². The predicted molar refractivity (Wildman–Crippen MR) is 100 cm³/mol. The van der Waals surface area contributed by atoms with Crippen LogP contribution in [0.1, 0.15) is 15.9 Å². The predicted octanol–water partition coefficient (Wildman–Crippen LogP) is 4.33. The number of aromatic nitrogens is 2. The summed E-state index contributed by atoms with van der Waals surface area (Å²) in [4.78, 5) is 31.5. The summed E-state index contributed by atoms with van der Waals surface area (Å²) in [6, 6.07) is 14.4. The molecule has 138 valence electrons. The summed E-state index contributed by atoms with van der Waals surface area (Å²) >= 11 is 0. The molecule has 8 nitrogen and oxygen atoms in total. The van der Waals surface area contributed by atoms with E-state index < -0.39 is 10.9 Å². The average Bonchev–Trinajstić information content (AvgIpc) is 3.12. The van der Waals surface area contributed by atoms with Crippen molar-refractivity contribution in [1.82, 2.24) is 9.97 Å². The molecule has 0 N–H and O–H groups in total. The van der Waals surface area contributed by atoms with Gasteiger partial charge in [-0.15, -0.1) is 0 Å². The van der Waals surface area contributed by atoms with Gasteiger partial charge in [0.25, 0.3) is 5.69 Å². The molecular formula is C20H13N3O5. The number of pyridine rings is 1. The standard InChI is InChI=1S/C20H13N3O5/c1-12-14(5-4-7-17(12)23(25)26)20(24)27-13-8-9-15-18(11-13)28-19(22-15)16-6-2-3-10-21-16/h2-11H,1H3. The Morgan fingerprint density at radius 3 is 2.75 bits per heavy atom. The van der Waals surface area contributed by atoms with Crippen molar-refractivity contribution in [1.29, 1.82) is 0 Å². The van der Waals surface area contributed by atoms with Crippen LogP contribution in [0, 0.1) is 17.0 Å². The molecular weight excluding hydrogens is 362 g/mol. The largest absolute Gasteiger partial charge is 0.435 e. The third kappa shape index (κ3) is 3.18. The fourth-order valence-electron chi connectivity index (χ4n) is 2.77. The molecule has 4 rings (SSSR count). The van der Waals surface area contributed by atoms with Crippen LogP contribution in [-0.2, 0) is 0 Å². The number of nitrogens with zero attached hydrogens (tertiary/aromatic N) is 3. The van der Waals surface area contributed by atoms with Crippen LogP contribution < -0.4 is 4.74 Å². The number of rotatable bonds is 4. The summed E-state index contributed by atoms with van der Waals surface area (Å²) in [5.41, 5.74) is 1.84. The highest BCUT2D eigenvalue weighted by molar-refractivity contribution is 5.94. The number of benzene rings is 2. The summed E-state index contributed by atoms with van der Waals surface area (Å²) < 4.78 is 11.1. The maximum Gasteiger partial charge on any atom is 0.344 e. The summed E-state index contributed by atoms with van der Waals surface area (Å²) in [5.74, 6) is -0.0919. The van der Waals surface area contributed by atoms with Gasteiger partial charge in [0.05, 0.1) is 10.5 Å². The van der Waals surface area contributed by atoms with Crippen molar-refractivity contribution in [2.75, 3.05) is 0 Å². The smallest absolute Gasteiger partial charge is 0.344 e. The lowest BCUT2D eigenvalue weighted by Crippen LogP contribution is -2.11. The van der Waals surface area contributed by atoms with Crippen molar-refractivity contribution < 1.29 is 18.9 Å². The van der Waals surface area contributed by atoms with E-state index in [1.165, 1.54) is 25.1 Å². The van der Waals surface area contributed by atoms with E-state index in [-0.39, 0.29) is 22.6 Å². The Hall–Kier alpha value is -4.07. The maximum atomic E-state index is 12.5. The first-order valence-electron chi connectivity index (χ1n) is 8.31. The molecule has 8 heteroatoms. The van der Waals surface area contributed by atoms with Crippen molar-refractivity contribution in [3.05, 3.63) is 82.0 Å². The molecule has 0 saturated carbocycles. The normalized spacial score (nSPS) is 10.8. The van der Waals surface area contributed by atoms with Crippen molar-refractivity contribution in [2.45, 2.75) is 6.92 Å². The Kier molecular flexibility index (Phi) is 4.29. The topological polar surface area (TPSA) is 108 Å². The van der Waals surface area contributed by atoms with Crippen molar-refractivity contribution in [3.8, 4) is 17.3 Å². The lowest BCUT2D eigenvalue weighted by atomic mass is 10.1. The first-order valence-corrected chi connectivity index (χ1v) is 8.31. The highest BCUT2D eigenvalue weighted by atomic mass is 16.6. The molecule has 0 radical (unpaired) electrons. The lowest BCUT2D eigenvalue weighted by Gasteiger charge is -2.06. The molecule has 0 atom stereocenters. The van der Waals surface area contributed by atoms with E-state index in [1.54, 1.807) is 36.5 Å². The van der Waals surface area contributed by atoms with Gasteiger partial charge in [0.1, 0.15) is 17.0 Å². The van der Waals surface area contributed by atoms with E-state index in [4.69, 9.17) is 9.15 Å². The zero-order valence-corrected chi connectivity index (χ0v) is 14.7. The monoisotopic (exact) mass is 375 g/mol.